The molecule has 1 atom stereocenters. The van der Waals surface area contributed by atoms with Crippen molar-refractivity contribution in [2.24, 2.45) is 0 Å². The Bertz CT molecular complexity index is 603. The van der Waals surface area contributed by atoms with E-state index in [9.17, 15) is 0 Å². The number of fused-ring (bicyclic) bond motifs is 1. The van der Waals surface area contributed by atoms with Crippen LogP contribution in [0.3, 0.4) is 0 Å². The summed E-state index contributed by atoms with van der Waals surface area (Å²) in [5.41, 5.74) is 5.34. The van der Waals surface area contributed by atoms with Crippen molar-refractivity contribution >= 4 is 0 Å². The molecular formula is C19H23NO. The molecule has 0 radical (unpaired) electrons. The largest absolute Gasteiger partial charge is 0.493 e. The van der Waals surface area contributed by atoms with Crippen LogP contribution in [0.15, 0.2) is 42.5 Å². The molecular weight excluding hydrogens is 258 g/mol. The average molecular weight is 281 g/mol. The number of benzene rings is 2. The maximum Gasteiger partial charge on any atom is 0.122 e. The third-order valence-corrected chi connectivity index (χ3v) is 4.28. The summed E-state index contributed by atoms with van der Waals surface area (Å²) in [5, 5.41) is 3.44. The number of nitrogens with one attached hydrogen (secondary N) is 1. The Morgan fingerprint density at radius 3 is 2.57 bits per heavy atom. The van der Waals surface area contributed by atoms with E-state index in [0.29, 0.717) is 0 Å². The van der Waals surface area contributed by atoms with Crippen LogP contribution in [-0.4, -0.2) is 13.7 Å². The van der Waals surface area contributed by atoms with Gasteiger partial charge in [0.2, 0.25) is 0 Å². The zero-order valence-corrected chi connectivity index (χ0v) is 12.9. The maximum absolute atomic E-state index is 5.71. The molecule has 1 N–H and O–H groups in total. The summed E-state index contributed by atoms with van der Waals surface area (Å²) < 4.78 is 5.71. The Hall–Kier alpha value is -1.80. The van der Waals surface area contributed by atoms with Crippen LogP contribution in [0.25, 0.3) is 0 Å². The Morgan fingerprint density at radius 1 is 1.10 bits per heavy atom. The number of ether oxygens (including phenoxy) is 1. The molecule has 0 amide bonds. The van der Waals surface area contributed by atoms with E-state index in [1.807, 2.05) is 7.05 Å². The van der Waals surface area contributed by atoms with Crippen molar-refractivity contribution in [3.8, 4) is 5.75 Å². The number of hydrogen-bond acceptors (Lipinski definition) is 2. The summed E-state index contributed by atoms with van der Waals surface area (Å²) in [5.74, 6) is 1.06. The summed E-state index contributed by atoms with van der Waals surface area (Å²) >= 11 is 0. The maximum atomic E-state index is 5.71. The summed E-state index contributed by atoms with van der Waals surface area (Å²) in [6.07, 6.45) is 3.32. The molecule has 3 rings (SSSR count). The molecule has 110 valence electrons. The second-order valence-corrected chi connectivity index (χ2v) is 5.64. The minimum atomic E-state index is 0.239. The highest BCUT2D eigenvalue weighted by Crippen LogP contribution is 2.30. The van der Waals surface area contributed by atoms with Gasteiger partial charge < -0.3 is 10.1 Å². The summed E-state index contributed by atoms with van der Waals surface area (Å²) in [6.45, 7) is 3.04. The van der Waals surface area contributed by atoms with Gasteiger partial charge >= 0.3 is 0 Å². The molecule has 2 nitrogen and oxygen atoms in total. The lowest BCUT2D eigenvalue weighted by atomic mass is 9.94. The molecule has 1 heterocycles. The number of rotatable bonds is 4. The van der Waals surface area contributed by atoms with E-state index in [0.717, 1.165) is 31.6 Å². The summed E-state index contributed by atoms with van der Waals surface area (Å²) in [6, 6.07) is 15.7. The van der Waals surface area contributed by atoms with Gasteiger partial charge in [-0.15, -0.1) is 0 Å². The third-order valence-electron chi connectivity index (χ3n) is 4.28. The highest BCUT2D eigenvalue weighted by atomic mass is 16.5. The molecule has 0 bridgehead atoms. The zero-order valence-electron chi connectivity index (χ0n) is 12.9. The van der Waals surface area contributed by atoms with Crippen LogP contribution >= 0.6 is 0 Å². The van der Waals surface area contributed by atoms with Crippen molar-refractivity contribution in [3.63, 3.8) is 0 Å². The molecule has 0 saturated carbocycles. The SMILES string of the molecule is CCc1ccc(C(NC)c2ccc3c(c2)CCCO3)cc1. The van der Waals surface area contributed by atoms with Crippen molar-refractivity contribution in [1.82, 2.24) is 5.32 Å². The van der Waals surface area contributed by atoms with Gasteiger partial charge in [-0.05, 0) is 54.6 Å². The van der Waals surface area contributed by atoms with E-state index in [2.05, 4.69) is 54.7 Å². The zero-order chi connectivity index (χ0) is 14.7. The van der Waals surface area contributed by atoms with Crippen LogP contribution in [0.1, 0.15) is 41.6 Å². The molecule has 0 aliphatic carbocycles. The standard InChI is InChI=1S/C19H23NO/c1-3-14-6-8-15(9-7-14)19(20-2)17-10-11-18-16(13-17)5-4-12-21-18/h6-11,13,19-20H,3-5,12H2,1-2H3. The van der Waals surface area contributed by atoms with Gasteiger partial charge in [-0.2, -0.15) is 0 Å². The summed E-state index contributed by atoms with van der Waals surface area (Å²) in [4.78, 5) is 0. The van der Waals surface area contributed by atoms with Gasteiger partial charge in [0.15, 0.2) is 0 Å². The van der Waals surface area contributed by atoms with E-state index >= 15 is 0 Å². The second kappa shape index (κ2) is 6.31. The van der Waals surface area contributed by atoms with Crippen LogP contribution in [0.2, 0.25) is 0 Å². The van der Waals surface area contributed by atoms with Crippen LogP contribution in [0.4, 0.5) is 0 Å². The van der Waals surface area contributed by atoms with E-state index in [1.165, 1.54) is 22.3 Å². The van der Waals surface area contributed by atoms with Crippen molar-refractivity contribution in [2.45, 2.75) is 32.2 Å². The van der Waals surface area contributed by atoms with Gasteiger partial charge in [-0.3, -0.25) is 0 Å². The van der Waals surface area contributed by atoms with Gasteiger partial charge in [0, 0.05) is 0 Å². The molecule has 0 saturated heterocycles. The monoisotopic (exact) mass is 281 g/mol. The molecule has 1 aliphatic rings. The van der Waals surface area contributed by atoms with Gasteiger partial charge in [0.05, 0.1) is 12.6 Å². The molecule has 1 unspecified atom stereocenters. The Morgan fingerprint density at radius 2 is 1.86 bits per heavy atom. The number of hydrogen-bond donors (Lipinski definition) is 1. The first-order valence-electron chi connectivity index (χ1n) is 7.83. The van der Waals surface area contributed by atoms with E-state index < -0.39 is 0 Å². The van der Waals surface area contributed by atoms with Crippen molar-refractivity contribution in [2.75, 3.05) is 13.7 Å². The third kappa shape index (κ3) is 2.96. The highest BCUT2D eigenvalue weighted by Gasteiger charge is 2.16. The van der Waals surface area contributed by atoms with Gasteiger partial charge in [-0.1, -0.05) is 43.3 Å². The van der Waals surface area contributed by atoms with E-state index in [1.54, 1.807) is 0 Å². The first-order valence-corrected chi connectivity index (χ1v) is 7.83. The van der Waals surface area contributed by atoms with Gasteiger partial charge in [0.1, 0.15) is 5.75 Å². The lowest BCUT2D eigenvalue weighted by molar-refractivity contribution is 0.288. The smallest absolute Gasteiger partial charge is 0.122 e. The lowest BCUT2D eigenvalue weighted by Gasteiger charge is -2.22. The molecule has 0 spiro atoms. The Kier molecular flexibility index (Phi) is 4.26. The lowest BCUT2D eigenvalue weighted by Crippen LogP contribution is -2.18. The molecule has 21 heavy (non-hydrogen) atoms. The van der Waals surface area contributed by atoms with E-state index in [-0.39, 0.29) is 6.04 Å². The molecule has 0 aromatic heterocycles. The fourth-order valence-electron chi connectivity index (χ4n) is 3.03. The predicted molar refractivity (Wildman–Crippen MR) is 87.0 cm³/mol. The normalized spacial score (nSPS) is 15.1. The van der Waals surface area contributed by atoms with Gasteiger partial charge in [0.25, 0.3) is 0 Å². The Labute approximate surface area is 127 Å². The van der Waals surface area contributed by atoms with Crippen molar-refractivity contribution < 1.29 is 4.74 Å². The molecule has 2 aromatic carbocycles. The summed E-state index contributed by atoms with van der Waals surface area (Å²) in [7, 11) is 2.02. The van der Waals surface area contributed by atoms with Crippen LogP contribution in [0.5, 0.6) is 5.75 Å². The van der Waals surface area contributed by atoms with Crippen LogP contribution in [-0.2, 0) is 12.8 Å². The first-order chi connectivity index (χ1) is 10.3. The van der Waals surface area contributed by atoms with Crippen molar-refractivity contribution in [3.05, 3.63) is 64.7 Å². The topological polar surface area (TPSA) is 21.3 Å². The fraction of sp³-hybridized carbons (Fsp3) is 0.368. The minimum Gasteiger partial charge on any atom is -0.493 e. The molecule has 2 aromatic rings. The number of aryl methyl sites for hydroxylation is 2. The second-order valence-electron chi connectivity index (χ2n) is 5.64. The Balaban J connectivity index is 1.91. The molecule has 1 aliphatic heterocycles. The van der Waals surface area contributed by atoms with Crippen LogP contribution < -0.4 is 10.1 Å². The van der Waals surface area contributed by atoms with Gasteiger partial charge in [-0.25, -0.2) is 0 Å². The quantitative estimate of drug-likeness (QED) is 0.918. The average Bonchev–Trinajstić information content (AvgIpc) is 2.56. The molecule has 0 fully saturated rings. The van der Waals surface area contributed by atoms with Crippen LogP contribution in [0, 0.1) is 0 Å². The molecule has 2 heteroatoms. The minimum absolute atomic E-state index is 0.239. The van der Waals surface area contributed by atoms with Crippen molar-refractivity contribution in [1.29, 1.82) is 0 Å². The first kappa shape index (κ1) is 14.2. The predicted octanol–water partition coefficient (Wildman–Crippen LogP) is 3.88. The fourth-order valence-corrected chi connectivity index (χ4v) is 3.03. The van der Waals surface area contributed by atoms with E-state index in [4.69, 9.17) is 4.74 Å². The highest BCUT2D eigenvalue weighted by molar-refractivity contribution is 5.42.